The molecule has 1 aliphatic rings. The Kier molecular flexibility index (Phi) is 4.05. The van der Waals surface area contributed by atoms with Crippen LogP contribution in [0.4, 0.5) is 0 Å². The summed E-state index contributed by atoms with van der Waals surface area (Å²) in [5.41, 5.74) is 2.17. The quantitative estimate of drug-likeness (QED) is 0.456. The summed E-state index contributed by atoms with van der Waals surface area (Å²) in [5, 5.41) is 0. The van der Waals surface area contributed by atoms with Gasteiger partial charge < -0.3 is 0 Å². The van der Waals surface area contributed by atoms with E-state index in [2.05, 4.69) is 22.6 Å². The molecule has 0 saturated heterocycles. The van der Waals surface area contributed by atoms with E-state index in [4.69, 9.17) is 0 Å². The van der Waals surface area contributed by atoms with Gasteiger partial charge in [-0.05, 0) is 24.1 Å². The van der Waals surface area contributed by atoms with Gasteiger partial charge in [0.25, 0.3) is 11.8 Å². The van der Waals surface area contributed by atoms with Crippen LogP contribution < -0.4 is 0 Å². The Morgan fingerprint density at radius 3 is 1.90 bits per heavy atom. The van der Waals surface area contributed by atoms with E-state index >= 15 is 0 Å². The summed E-state index contributed by atoms with van der Waals surface area (Å²) < 4.78 is 0.720. The maximum Gasteiger partial charge on any atom is 0.261 e. The van der Waals surface area contributed by atoms with Crippen molar-refractivity contribution >= 4 is 34.4 Å². The third-order valence-corrected chi connectivity index (χ3v) is 4.70. The highest BCUT2D eigenvalue weighted by Gasteiger charge is 2.39. The number of benzene rings is 2. The zero-order valence-electron chi connectivity index (χ0n) is 11.3. The molecule has 0 bridgehead atoms. The molecule has 3 nitrogen and oxygen atoms in total. The lowest BCUT2D eigenvalue weighted by Gasteiger charge is -2.24. The van der Waals surface area contributed by atoms with Crippen LogP contribution >= 0.6 is 22.6 Å². The number of imide groups is 1. The molecule has 2 aromatic rings. The van der Waals surface area contributed by atoms with Gasteiger partial charge >= 0.3 is 0 Å². The average Bonchev–Trinajstić information content (AvgIpc) is 2.78. The number of rotatable bonds is 4. The van der Waals surface area contributed by atoms with Crippen molar-refractivity contribution in [3.05, 3.63) is 71.3 Å². The molecule has 0 fully saturated rings. The number of fused-ring (bicyclic) bond motifs is 1. The summed E-state index contributed by atoms with van der Waals surface area (Å²) in [6.45, 7) is 0. The summed E-state index contributed by atoms with van der Waals surface area (Å²) in [7, 11) is 0. The molecular weight excluding hydrogens is 377 g/mol. The zero-order chi connectivity index (χ0) is 14.8. The molecule has 0 saturated carbocycles. The summed E-state index contributed by atoms with van der Waals surface area (Å²) in [6.07, 6.45) is 0.690. The number of hydrogen-bond donors (Lipinski definition) is 0. The SMILES string of the molecule is O=C1c2ccccc2C(=O)N1[C@@H](CI)Cc1ccccc1. The van der Waals surface area contributed by atoms with Gasteiger partial charge in [0, 0.05) is 4.43 Å². The van der Waals surface area contributed by atoms with Gasteiger partial charge in [0.05, 0.1) is 17.2 Å². The molecule has 4 heteroatoms. The van der Waals surface area contributed by atoms with Crippen molar-refractivity contribution in [1.29, 1.82) is 0 Å². The minimum absolute atomic E-state index is 0.111. The normalized spacial score (nSPS) is 15.2. The van der Waals surface area contributed by atoms with Crippen molar-refractivity contribution in [3.63, 3.8) is 0 Å². The van der Waals surface area contributed by atoms with E-state index in [0.29, 0.717) is 17.5 Å². The highest BCUT2D eigenvalue weighted by molar-refractivity contribution is 14.1. The van der Waals surface area contributed by atoms with E-state index in [1.807, 2.05) is 30.3 Å². The van der Waals surface area contributed by atoms with Gasteiger partial charge in [0.2, 0.25) is 0 Å². The van der Waals surface area contributed by atoms with Crippen molar-refractivity contribution < 1.29 is 9.59 Å². The first-order chi connectivity index (χ1) is 10.2. The van der Waals surface area contributed by atoms with Crippen molar-refractivity contribution in [3.8, 4) is 0 Å². The number of nitrogens with zero attached hydrogens (tertiary/aromatic N) is 1. The summed E-state index contributed by atoms with van der Waals surface area (Å²) >= 11 is 2.24. The first-order valence-corrected chi connectivity index (χ1v) is 8.31. The Hall–Kier alpha value is -1.69. The van der Waals surface area contributed by atoms with Gasteiger partial charge in [-0.2, -0.15) is 0 Å². The number of alkyl halides is 1. The fourth-order valence-corrected chi connectivity index (χ4v) is 3.35. The van der Waals surface area contributed by atoms with Gasteiger partial charge in [0.1, 0.15) is 0 Å². The molecule has 0 radical (unpaired) electrons. The zero-order valence-corrected chi connectivity index (χ0v) is 13.5. The minimum Gasteiger partial charge on any atom is -0.270 e. The molecule has 0 unspecified atom stereocenters. The lowest BCUT2D eigenvalue weighted by molar-refractivity contribution is 0.0602. The van der Waals surface area contributed by atoms with Crippen LogP contribution in [0.2, 0.25) is 0 Å². The van der Waals surface area contributed by atoms with E-state index in [9.17, 15) is 9.59 Å². The average molecular weight is 391 g/mol. The Labute approximate surface area is 137 Å². The third kappa shape index (κ3) is 2.60. The Morgan fingerprint density at radius 1 is 0.857 bits per heavy atom. The topological polar surface area (TPSA) is 37.4 Å². The number of halogens is 1. The Balaban J connectivity index is 1.89. The molecule has 1 heterocycles. The number of hydrogen-bond acceptors (Lipinski definition) is 2. The van der Waals surface area contributed by atoms with Gasteiger partial charge in [-0.15, -0.1) is 0 Å². The molecule has 1 atom stereocenters. The van der Waals surface area contributed by atoms with Crippen molar-refractivity contribution in [1.82, 2.24) is 4.90 Å². The van der Waals surface area contributed by atoms with Crippen LogP contribution in [0.3, 0.4) is 0 Å². The maximum atomic E-state index is 12.5. The highest BCUT2D eigenvalue weighted by atomic mass is 127. The van der Waals surface area contributed by atoms with Crippen molar-refractivity contribution in [2.45, 2.75) is 12.5 Å². The second kappa shape index (κ2) is 5.97. The van der Waals surface area contributed by atoms with Gasteiger partial charge in [0.15, 0.2) is 0 Å². The smallest absolute Gasteiger partial charge is 0.261 e. The lowest BCUT2D eigenvalue weighted by Crippen LogP contribution is -2.42. The molecule has 2 amide bonds. The summed E-state index contributed by atoms with van der Waals surface area (Å²) in [4.78, 5) is 26.4. The van der Waals surface area contributed by atoms with E-state index in [0.717, 1.165) is 9.99 Å². The molecular formula is C17H14INO2. The van der Waals surface area contributed by atoms with E-state index in [1.54, 1.807) is 24.3 Å². The summed E-state index contributed by atoms with van der Waals surface area (Å²) in [6, 6.07) is 16.9. The molecule has 106 valence electrons. The van der Waals surface area contributed by atoms with Crippen LogP contribution in [-0.4, -0.2) is 27.2 Å². The van der Waals surface area contributed by atoms with Gasteiger partial charge in [-0.25, -0.2) is 0 Å². The van der Waals surface area contributed by atoms with Crippen LogP contribution in [0, 0.1) is 0 Å². The molecule has 0 aliphatic carbocycles. The Bertz CT molecular complexity index is 649. The predicted octanol–water partition coefficient (Wildman–Crippen LogP) is 3.33. The maximum absolute atomic E-state index is 12.5. The summed E-state index contributed by atoms with van der Waals surface area (Å²) in [5.74, 6) is -0.346. The molecule has 21 heavy (non-hydrogen) atoms. The van der Waals surface area contributed by atoms with E-state index in [1.165, 1.54) is 4.90 Å². The lowest BCUT2D eigenvalue weighted by atomic mass is 10.1. The monoisotopic (exact) mass is 391 g/mol. The van der Waals surface area contributed by atoms with Crippen molar-refractivity contribution in [2.24, 2.45) is 0 Å². The van der Waals surface area contributed by atoms with Gasteiger partial charge in [-0.3, -0.25) is 14.5 Å². The second-order valence-corrected chi connectivity index (χ2v) is 5.90. The highest BCUT2D eigenvalue weighted by Crippen LogP contribution is 2.26. The second-order valence-electron chi connectivity index (χ2n) is 5.02. The van der Waals surface area contributed by atoms with Crippen LogP contribution in [-0.2, 0) is 6.42 Å². The fraction of sp³-hybridized carbons (Fsp3) is 0.176. The number of carbonyl (C=O) groups excluding carboxylic acids is 2. The fourth-order valence-electron chi connectivity index (χ4n) is 2.64. The van der Waals surface area contributed by atoms with Gasteiger partial charge in [-0.1, -0.05) is 65.1 Å². The van der Waals surface area contributed by atoms with E-state index in [-0.39, 0.29) is 17.9 Å². The van der Waals surface area contributed by atoms with Crippen LogP contribution in [0.25, 0.3) is 0 Å². The van der Waals surface area contributed by atoms with Crippen LogP contribution in [0.15, 0.2) is 54.6 Å². The molecule has 3 rings (SSSR count). The molecule has 1 aliphatic heterocycles. The molecule has 0 aromatic heterocycles. The number of carbonyl (C=O) groups is 2. The third-order valence-electron chi connectivity index (χ3n) is 3.68. The number of amides is 2. The van der Waals surface area contributed by atoms with Crippen molar-refractivity contribution in [2.75, 3.05) is 4.43 Å². The predicted molar refractivity (Wildman–Crippen MR) is 89.8 cm³/mol. The first kappa shape index (κ1) is 14.3. The molecule has 2 aromatic carbocycles. The van der Waals surface area contributed by atoms with Crippen LogP contribution in [0.1, 0.15) is 26.3 Å². The minimum atomic E-state index is -0.173. The van der Waals surface area contributed by atoms with E-state index < -0.39 is 0 Å². The first-order valence-electron chi connectivity index (χ1n) is 6.79. The molecule has 0 N–H and O–H groups in total. The largest absolute Gasteiger partial charge is 0.270 e. The van der Waals surface area contributed by atoms with Crippen LogP contribution in [0.5, 0.6) is 0 Å². The Morgan fingerprint density at radius 2 is 1.38 bits per heavy atom. The molecule has 0 spiro atoms. The standard InChI is InChI=1S/C17H14INO2/c18-11-13(10-12-6-2-1-3-7-12)19-16(20)14-8-4-5-9-15(14)17(19)21/h1-9,13H,10-11H2/t13-/m1/s1.